The van der Waals surface area contributed by atoms with Crippen LogP contribution in [-0.4, -0.2) is 36.6 Å². The number of hydrogen-bond donors (Lipinski definition) is 2. The normalized spacial score (nSPS) is 20.6. The third-order valence-corrected chi connectivity index (χ3v) is 3.55. The molecule has 2 rings (SSSR count). The second-order valence-electron chi connectivity index (χ2n) is 5.16. The molecule has 0 aliphatic carbocycles. The van der Waals surface area contributed by atoms with E-state index in [2.05, 4.69) is 17.6 Å². The van der Waals surface area contributed by atoms with Gasteiger partial charge in [-0.2, -0.15) is 0 Å². The fraction of sp³-hybridized carbons (Fsp3) is 0.500. The van der Waals surface area contributed by atoms with Gasteiger partial charge in [-0.15, -0.1) is 12.4 Å². The molecule has 2 unspecified atom stereocenters. The van der Waals surface area contributed by atoms with Crippen molar-refractivity contribution in [2.24, 2.45) is 5.92 Å². The van der Waals surface area contributed by atoms with Gasteiger partial charge >= 0.3 is 5.69 Å². The van der Waals surface area contributed by atoms with Gasteiger partial charge in [-0.3, -0.25) is 14.9 Å². The van der Waals surface area contributed by atoms with Gasteiger partial charge in [0.15, 0.2) is 12.4 Å². The summed E-state index contributed by atoms with van der Waals surface area (Å²) in [5.41, 5.74) is -0.138. The maximum Gasteiger partial charge on any atom is 0.310 e. The van der Waals surface area contributed by atoms with Gasteiger partial charge in [0.05, 0.1) is 4.92 Å². The first-order valence-electron chi connectivity index (χ1n) is 6.94. The molecule has 1 amide bonds. The standard InChI is InChI=1S/C14H19N3O4.ClH/c1-10-8-15-7-6-11(10)16-14(18)9-21-13-5-3-2-4-12(13)17(19)20;/h2-5,10-11,15H,6-9H2,1H3,(H,16,18);1H. The Morgan fingerprint density at radius 2 is 2.23 bits per heavy atom. The van der Waals surface area contributed by atoms with Crippen molar-refractivity contribution >= 4 is 24.0 Å². The van der Waals surface area contributed by atoms with Gasteiger partial charge in [-0.25, -0.2) is 0 Å². The van der Waals surface area contributed by atoms with Crippen LogP contribution in [0.3, 0.4) is 0 Å². The number of halogens is 1. The third kappa shape index (κ3) is 4.85. The number of hydrogen-bond acceptors (Lipinski definition) is 5. The second-order valence-corrected chi connectivity index (χ2v) is 5.16. The lowest BCUT2D eigenvalue weighted by Crippen LogP contribution is -2.49. The molecule has 0 saturated carbocycles. The Kier molecular flexibility index (Phi) is 7.07. The highest BCUT2D eigenvalue weighted by Crippen LogP contribution is 2.25. The van der Waals surface area contributed by atoms with E-state index < -0.39 is 4.92 Å². The van der Waals surface area contributed by atoms with E-state index in [4.69, 9.17) is 4.74 Å². The topological polar surface area (TPSA) is 93.5 Å². The zero-order chi connectivity index (χ0) is 15.2. The number of nitro groups is 1. The number of benzene rings is 1. The molecule has 0 spiro atoms. The molecule has 1 saturated heterocycles. The van der Waals surface area contributed by atoms with Crippen molar-refractivity contribution in [1.29, 1.82) is 0 Å². The van der Waals surface area contributed by atoms with Crippen molar-refractivity contribution in [3.05, 3.63) is 34.4 Å². The summed E-state index contributed by atoms with van der Waals surface area (Å²) in [5.74, 6) is 0.205. The van der Waals surface area contributed by atoms with Crippen LogP contribution in [0.2, 0.25) is 0 Å². The first kappa shape index (κ1) is 18.2. The molecule has 0 aromatic heterocycles. The molecule has 0 radical (unpaired) electrons. The third-order valence-electron chi connectivity index (χ3n) is 3.55. The van der Waals surface area contributed by atoms with Gasteiger partial charge in [0.2, 0.25) is 0 Å². The molecular formula is C14H20ClN3O4. The summed E-state index contributed by atoms with van der Waals surface area (Å²) in [6.07, 6.45) is 0.873. The van der Waals surface area contributed by atoms with Crippen LogP contribution in [0.15, 0.2) is 24.3 Å². The molecule has 0 bridgehead atoms. The maximum absolute atomic E-state index is 11.9. The van der Waals surface area contributed by atoms with Gasteiger partial charge in [0.25, 0.3) is 5.91 Å². The van der Waals surface area contributed by atoms with E-state index in [0.717, 1.165) is 19.5 Å². The predicted octanol–water partition coefficient (Wildman–Crippen LogP) is 1.51. The lowest BCUT2D eigenvalue weighted by molar-refractivity contribution is -0.385. The van der Waals surface area contributed by atoms with Gasteiger partial charge in [-0.1, -0.05) is 19.1 Å². The van der Waals surface area contributed by atoms with Crippen LogP contribution < -0.4 is 15.4 Å². The quantitative estimate of drug-likeness (QED) is 0.631. The fourth-order valence-electron chi connectivity index (χ4n) is 2.35. The summed E-state index contributed by atoms with van der Waals surface area (Å²) < 4.78 is 5.27. The number of rotatable bonds is 5. The van der Waals surface area contributed by atoms with Gasteiger partial charge in [-0.05, 0) is 31.5 Å². The van der Waals surface area contributed by atoms with E-state index in [0.29, 0.717) is 5.92 Å². The predicted molar refractivity (Wildman–Crippen MR) is 84.4 cm³/mol. The van der Waals surface area contributed by atoms with Crippen molar-refractivity contribution in [2.45, 2.75) is 19.4 Å². The number of carbonyl (C=O) groups excluding carboxylic acids is 1. The van der Waals surface area contributed by atoms with E-state index in [-0.39, 0.29) is 42.4 Å². The summed E-state index contributed by atoms with van der Waals surface area (Å²) in [7, 11) is 0. The Balaban J connectivity index is 0.00000242. The number of amides is 1. The minimum atomic E-state index is -0.526. The van der Waals surface area contributed by atoms with Crippen molar-refractivity contribution in [3.63, 3.8) is 0 Å². The monoisotopic (exact) mass is 329 g/mol. The lowest BCUT2D eigenvalue weighted by atomic mass is 9.95. The van der Waals surface area contributed by atoms with Crippen LogP contribution in [-0.2, 0) is 4.79 Å². The Morgan fingerprint density at radius 1 is 1.50 bits per heavy atom. The first-order chi connectivity index (χ1) is 10.1. The molecule has 2 atom stereocenters. The molecule has 1 aliphatic heterocycles. The lowest BCUT2D eigenvalue weighted by Gasteiger charge is -2.30. The van der Waals surface area contributed by atoms with Crippen molar-refractivity contribution in [3.8, 4) is 5.75 Å². The molecule has 1 aliphatic rings. The van der Waals surface area contributed by atoms with Crippen LogP contribution >= 0.6 is 12.4 Å². The largest absolute Gasteiger partial charge is 0.477 e. The van der Waals surface area contributed by atoms with Crippen LogP contribution in [0, 0.1) is 16.0 Å². The van der Waals surface area contributed by atoms with E-state index in [1.54, 1.807) is 12.1 Å². The molecule has 2 N–H and O–H groups in total. The van der Waals surface area contributed by atoms with Gasteiger partial charge < -0.3 is 15.4 Å². The number of nitro benzene ring substituents is 1. The number of nitrogens with zero attached hydrogens (tertiary/aromatic N) is 1. The Hall–Kier alpha value is -1.86. The zero-order valence-corrected chi connectivity index (χ0v) is 13.1. The number of piperidine rings is 1. The van der Waals surface area contributed by atoms with E-state index in [1.165, 1.54) is 12.1 Å². The highest BCUT2D eigenvalue weighted by molar-refractivity contribution is 5.85. The molecule has 8 heteroatoms. The average molecular weight is 330 g/mol. The summed E-state index contributed by atoms with van der Waals surface area (Å²) in [4.78, 5) is 22.2. The zero-order valence-electron chi connectivity index (χ0n) is 12.3. The Labute approximate surface area is 135 Å². The minimum absolute atomic E-state index is 0. The Bertz CT molecular complexity index is 527. The number of nitrogens with one attached hydrogen (secondary N) is 2. The SMILES string of the molecule is CC1CNCCC1NC(=O)COc1ccccc1[N+](=O)[O-].Cl. The molecular weight excluding hydrogens is 310 g/mol. The average Bonchev–Trinajstić information content (AvgIpc) is 2.48. The number of carbonyl (C=O) groups is 1. The minimum Gasteiger partial charge on any atom is -0.477 e. The van der Waals surface area contributed by atoms with Crippen LogP contribution in [0.5, 0.6) is 5.75 Å². The van der Waals surface area contributed by atoms with Crippen LogP contribution in [0.25, 0.3) is 0 Å². The van der Waals surface area contributed by atoms with Gasteiger partial charge in [0, 0.05) is 12.1 Å². The maximum atomic E-state index is 11.9. The fourth-order valence-corrected chi connectivity index (χ4v) is 2.35. The smallest absolute Gasteiger partial charge is 0.310 e. The number of para-hydroxylation sites is 2. The summed E-state index contributed by atoms with van der Waals surface area (Å²) in [6.45, 7) is 3.60. The molecule has 1 aromatic rings. The first-order valence-corrected chi connectivity index (χ1v) is 6.94. The van der Waals surface area contributed by atoms with E-state index >= 15 is 0 Å². The summed E-state index contributed by atoms with van der Waals surface area (Å²) >= 11 is 0. The van der Waals surface area contributed by atoms with Crippen LogP contribution in [0.1, 0.15) is 13.3 Å². The van der Waals surface area contributed by atoms with Gasteiger partial charge in [0.1, 0.15) is 0 Å². The van der Waals surface area contributed by atoms with E-state index in [1.807, 2.05) is 0 Å². The Morgan fingerprint density at radius 3 is 2.91 bits per heavy atom. The van der Waals surface area contributed by atoms with Crippen LogP contribution in [0.4, 0.5) is 5.69 Å². The summed E-state index contributed by atoms with van der Waals surface area (Å²) in [5, 5.41) is 17.0. The number of ether oxygens (including phenoxy) is 1. The van der Waals surface area contributed by atoms with E-state index in [9.17, 15) is 14.9 Å². The highest BCUT2D eigenvalue weighted by Gasteiger charge is 2.23. The summed E-state index contributed by atoms with van der Waals surface area (Å²) in [6, 6.07) is 6.14. The van der Waals surface area contributed by atoms with Crippen molar-refractivity contribution in [1.82, 2.24) is 10.6 Å². The molecule has 7 nitrogen and oxygen atoms in total. The van der Waals surface area contributed by atoms with Crippen molar-refractivity contribution in [2.75, 3.05) is 19.7 Å². The molecule has 1 fully saturated rings. The molecule has 22 heavy (non-hydrogen) atoms. The van der Waals surface area contributed by atoms with Crippen molar-refractivity contribution < 1.29 is 14.5 Å². The molecule has 122 valence electrons. The molecule has 1 aromatic carbocycles. The molecule has 1 heterocycles. The highest BCUT2D eigenvalue weighted by atomic mass is 35.5. The second kappa shape index (κ2) is 8.55.